The number of hydrogen-bond donors (Lipinski definition) is 1. The van der Waals surface area contributed by atoms with Crippen LogP contribution in [0.1, 0.15) is 41.0 Å². The quantitative estimate of drug-likeness (QED) is 0.501. The lowest BCUT2D eigenvalue weighted by Gasteiger charge is -2.23. The maximum Gasteiger partial charge on any atom is 0.408 e. The molecule has 8 heteroatoms. The van der Waals surface area contributed by atoms with Crippen molar-refractivity contribution in [3.63, 3.8) is 0 Å². The average molecular weight is 363 g/mol. The van der Waals surface area contributed by atoms with Crippen LogP contribution in [0.25, 0.3) is 0 Å². The molecule has 0 fully saturated rings. The number of carbonyl (C=O) groups excluding carboxylic acids is 2. The molecule has 0 aromatic carbocycles. The number of halogens is 2. The molecule has 0 saturated carbocycles. The first kappa shape index (κ1) is 23.0. The van der Waals surface area contributed by atoms with Crippen molar-refractivity contribution >= 4 is 12.1 Å². The van der Waals surface area contributed by atoms with Gasteiger partial charge in [-0.3, -0.25) is 0 Å². The molecule has 1 amide bonds. The first-order valence-corrected chi connectivity index (χ1v) is 7.96. The standard InChI is InChI=1S/C17H27F2NO5/c1-6-8-9-12(7-2)10-23-14(21)13(11-24-15(18)19)20-16(22)25-17(3,4)5/h7-9,13,15H,6,10-11H2,1-5H3,(H,20,22)/b9-8-,12-7+. The topological polar surface area (TPSA) is 73.9 Å². The molecule has 1 unspecified atom stereocenters. The molecule has 0 saturated heterocycles. The third-order valence-corrected chi connectivity index (χ3v) is 2.68. The van der Waals surface area contributed by atoms with Gasteiger partial charge in [-0.05, 0) is 39.7 Å². The van der Waals surface area contributed by atoms with Crippen LogP contribution in [0, 0.1) is 0 Å². The maximum atomic E-state index is 12.2. The van der Waals surface area contributed by atoms with Gasteiger partial charge in [0.2, 0.25) is 0 Å². The van der Waals surface area contributed by atoms with Crippen molar-refractivity contribution < 1.29 is 32.6 Å². The van der Waals surface area contributed by atoms with Crippen LogP contribution in [-0.4, -0.2) is 43.5 Å². The summed E-state index contributed by atoms with van der Waals surface area (Å²) in [4.78, 5) is 23.8. The van der Waals surface area contributed by atoms with Crippen LogP contribution in [0.4, 0.5) is 13.6 Å². The van der Waals surface area contributed by atoms with E-state index in [0.717, 1.165) is 12.0 Å². The Hall–Kier alpha value is -1.96. The van der Waals surface area contributed by atoms with Gasteiger partial charge < -0.3 is 19.5 Å². The van der Waals surface area contributed by atoms with Gasteiger partial charge in [0.1, 0.15) is 12.2 Å². The van der Waals surface area contributed by atoms with Gasteiger partial charge in [-0.1, -0.05) is 25.2 Å². The molecule has 0 rings (SSSR count). The first-order chi connectivity index (χ1) is 11.6. The molecule has 0 aliphatic heterocycles. The number of hydrogen-bond acceptors (Lipinski definition) is 5. The van der Waals surface area contributed by atoms with Gasteiger partial charge in [-0.15, -0.1) is 0 Å². The summed E-state index contributed by atoms with van der Waals surface area (Å²) in [6.45, 7) is 4.78. The van der Waals surface area contributed by atoms with Crippen LogP contribution in [0.3, 0.4) is 0 Å². The summed E-state index contributed by atoms with van der Waals surface area (Å²) in [6.07, 6.45) is 5.32. The Bertz CT molecular complexity index is 484. The number of esters is 1. The number of carbonyl (C=O) groups is 2. The molecule has 25 heavy (non-hydrogen) atoms. The Labute approximate surface area is 147 Å². The lowest BCUT2D eigenvalue weighted by Crippen LogP contribution is -2.47. The number of ether oxygens (including phenoxy) is 3. The molecule has 6 nitrogen and oxygen atoms in total. The Morgan fingerprint density at radius 2 is 1.88 bits per heavy atom. The minimum Gasteiger partial charge on any atom is -0.459 e. The first-order valence-electron chi connectivity index (χ1n) is 7.96. The van der Waals surface area contributed by atoms with Crippen molar-refractivity contribution in [2.24, 2.45) is 0 Å². The molecule has 144 valence electrons. The minimum absolute atomic E-state index is 0.0486. The maximum absolute atomic E-state index is 12.2. The Balaban J connectivity index is 4.81. The number of rotatable bonds is 9. The monoisotopic (exact) mass is 363 g/mol. The Morgan fingerprint density at radius 3 is 2.36 bits per heavy atom. The van der Waals surface area contributed by atoms with E-state index >= 15 is 0 Å². The van der Waals surface area contributed by atoms with E-state index in [9.17, 15) is 18.4 Å². The fraction of sp³-hybridized carbons (Fsp3) is 0.647. The van der Waals surface area contributed by atoms with E-state index < -0.39 is 36.9 Å². The zero-order valence-corrected chi connectivity index (χ0v) is 15.3. The van der Waals surface area contributed by atoms with E-state index in [1.807, 2.05) is 13.0 Å². The molecule has 0 radical (unpaired) electrons. The average Bonchev–Trinajstić information content (AvgIpc) is 2.49. The van der Waals surface area contributed by atoms with E-state index in [1.165, 1.54) is 0 Å². The summed E-state index contributed by atoms with van der Waals surface area (Å²) in [5.41, 5.74) is -0.0634. The van der Waals surface area contributed by atoms with Crippen LogP contribution in [0.5, 0.6) is 0 Å². The van der Waals surface area contributed by atoms with Gasteiger partial charge in [-0.2, -0.15) is 8.78 Å². The fourth-order valence-electron chi connectivity index (χ4n) is 1.54. The van der Waals surface area contributed by atoms with Crippen LogP contribution in [-0.2, 0) is 19.0 Å². The number of allylic oxidation sites excluding steroid dienone is 2. The van der Waals surface area contributed by atoms with Gasteiger partial charge in [0.15, 0.2) is 6.04 Å². The summed E-state index contributed by atoms with van der Waals surface area (Å²) in [7, 11) is 0. The third kappa shape index (κ3) is 12.1. The summed E-state index contributed by atoms with van der Waals surface area (Å²) >= 11 is 0. The largest absolute Gasteiger partial charge is 0.459 e. The summed E-state index contributed by atoms with van der Waals surface area (Å²) in [5, 5.41) is 2.18. The summed E-state index contributed by atoms with van der Waals surface area (Å²) in [6, 6.07) is -1.41. The number of nitrogens with one attached hydrogen (secondary N) is 1. The van der Waals surface area contributed by atoms with E-state index in [4.69, 9.17) is 9.47 Å². The third-order valence-electron chi connectivity index (χ3n) is 2.68. The predicted octanol–water partition coefficient (Wildman–Crippen LogP) is 3.57. The van der Waals surface area contributed by atoms with Crippen LogP contribution < -0.4 is 5.32 Å². The molecular formula is C17H27F2NO5. The highest BCUT2D eigenvalue weighted by Gasteiger charge is 2.27. The second kappa shape index (κ2) is 11.6. The molecular weight excluding hydrogens is 336 g/mol. The molecule has 0 heterocycles. The molecule has 0 spiro atoms. The number of alkyl halides is 2. The Morgan fingerprint density at radius 1 is 1.24 bits per heavy atom. The summed E-state index contributed by atoms with van der Waals surface area (Å²) in [5.74, 6) is -0.893. The number of alkyl carbamates (subject to hydrolysis) is 1. The smallest absolute Gasteiger partial charge is 0.408 e. The van der Waals surface area contributed by atoms with Crippen molar-refractivity contribution in [2.45, 2.75) is 59.3 Å². The second-order valence-corrected chi connectivity index (χ2v) is 6.07. The molecule has 1 atom stereocenters. The molecule has 0 aromatic heterocycles. The zero-order valence-electron chi connectivity index (χ0n) is 15.3. The van der Waals surface area contributed by atoms with Gasteiger partial charge in [0.05, 0.1) is 6.61 Å². The van der Waals surface area contributed by atoms with Crippen LogP contribution >= 0.6 is 0 Å². The van der Waals surface area contributed by atoms with Gasteiger partial charge in [0.25, 0.3) is 0 Å². The van der Waals surface area contributed by atoms with Gasteiger partial charge in [0, 0.05) is 0 Å². The lowest BCUT2D eigenvalue weighted by molar-refractivity contribution is -0.157. The molecule has 0 aromatic rings. The van der Waals surface area contributed by atoms with E-state index in [-0.39, 0.29) is 6.61 Å². The van der Waals surface area contributed by atoms with E-state index in [2.05, 4.69) is 10.1 Å². The van der Waals surface area contributed by atoms with Crippen molar-refractivity contribution in [1.82, 2.24) is 5.32 Å². The normalized spacial score (nSPS) is 13.8. The minimum atomic E-state index is -3.07. The highest BCUT2D eigenvalue weighted by molar-refractivity contribution is 5.81. The second-order valence-electron chi connectivity index (χ2n) is 6.07. The molecule has 1 N–H and O–H groups in total. The van der Waals surface area contributed by atoms with E-state index in [0.29, 0.717) is 0 Å². The van der Waals surface area contributed by atoms with Crippen molar-refractivity contribution in [1.29, 1.82) is 0 Å². The molecule has 0 aliphatic carbocycles. The van der Waals surface area contributed by atoms with Gasteiger partial charge in [-0.25, -0.2) is 9.59 Å². The zero-order chi connectivity index (χ0) is 19.5. The highest BCUT2D eigenvalue weighted by atomic mass is 19.3. The predicted molar refractivity (Wildman–Crippen MR) is 89.3 cm³/mol. The van der Waals surface area contributed by atoms with E-state index in [1.54, 1.807) is 39.8 Å². The van der Waals surface area contributed by atoms with Crippen molar-refractivity contribution in [3.8, 4) is 0 Å². The fourth-order valence-corrected chi connectivity index (χ4v) is 1.54. The summed E-state index contributed by atoms with van der Waals surface area (Å²) < 4.78 is 38.7. The number of amides is 1. The van der Waals surface area contributed by atoms with Crippen LogP contribution in [0.15, 0.2) is 23.8 Å². The highest BCUT2D eigenvalue weighted by Crippen LogP contribution is 2.08. The van der Waals surface area contributed by atoms with Gasteiger partial charge >= 0.3 is 18.7 Å². The van der Waals surface area contributed by atoms with Crippen LogP contribution in [0.2, 0.25) is 0 Å². The Kier molecular flexibility index (Phi) is 10.7. The molecule has 0 aliphatic rings. The SMILES string of the molecule is C/C=C(\C=C/CC)COC(=O)C(COC(F)F)NC(=O)OC(C)(C)C. The lowest BCUT2D eigenvalue weighted by atomic mass is 10.2. The molecule has 0 bridgehead atoms. The van der Waals surface area contributed by atoms with Crippen molar-refractivity contribution in [2.75, 3.05) is 13.2 Å². The van der Waals surface area contributed by atoms with Crippen molar-refractivity contribution in [3.05, 3.63) is 23.8 Å².